The van der Waals surface area contributed by atoms with Gasteiger partial charge in [0.05, 0.1) is 22.4 Å². The number of nitrogens with zero attached hydrogens (tertiary/aromatic N) is 2. The number of sulfonamides is 1. The number of cyclic esters (lactones) is 1. The lowest BCUT2D eigenvalue weighted by molar-refractivity contribution is -0.0348. The molecule has 2 aromatic carbocycles. The fraction of sp³-hybridized carbons (Fsp3) is 0.381. The van der Waals surface area contributed by atoms with Gasteiger partial charge < -0.3 is 9.47 Å². The first kappa shape index (κ1) is 21.3. The largest absolute Gasteiger partial charge is 0.447 e. The van der Waals surface area contributed by atoms with E-state index in [0.717, 1.165) is 11.1 Å². The van der Waals surface area contributed by atoms with Gasteiger partial charge in [-0.15, -0.1) is 0 Å². The molecule has 30 heavy (non-hydrogen) atoms. The summed E-state index contributed by atoms with van der Waals surface area (Å²) >= 11 is 3.58. The van der Waals surface area contributed by atoms with E-state index in [2.05, 4.69) is 15.9 Å². The van der Waals surface area contributed by atoms with Gasteiger partial charge >= 0.3 is 6.09 Å². The number of carbonyl (C=O) groups excluding carboxylic acids is 1. The van der Waals surface area contributed by atoms with Crippen molar-refractivity contribution < 1.29 is 22.7 Å². The van der Waals surface area contributed by atoms with Crippen LogP contribution in [0, 0.1) is 6.92 Å². The predicted molar refractivity (Wildman–Crippen MR) is 115 cm³/mol. The Hall–Kier alpha value is -1.94. The number of hydrogen-bond donors (Lipinski definition) is 0. The van der Waals surface area contributed by atoms with Crippen molar-refractivity contribution in [1.29, 1.82) is 0 Å². The molecule has 2 aromatic rings. The highest BCUT2D eigenvalue weighted by Crippen LogP contribution is 2.34. The van der Waals surface area contributed by atoms with Crippen LogP contribution in [0.2, 0.25) is 0 Å². The van der Waals surface area contributed by atoms with Crippen LogP contribution in [-0.2, 0) is 19.5 Å². The van der Waals surface area contributed by atoms with Gasteiger partial charge in [0, 0.05) is 13.1 Å². The lowest BCUT2D eigenvalue weighted by Crippen LogP contribution is -2.47. The summed E-state index contributed by atoms with van der Waals surface area (Å²) in [5.74, 6) is 0. The van der Waals surface area contributed by atoms with E-state index >= 15 is 0 Å². The molecule has 3 atom stereocenters. The summed E-state index contributed by atoms with van der Waals surface area (Å²) in [7, 11) is -3.67. The molecule has 0 saturated carbocycles. The van der Waals surface area contributed by atoms with Crippen molar-refractivity contribution in [2.45, 2.75) is 28.9 Å². The van der Waals surface area contributed by atoms with E-state index in [1.807, 2.05) is 37.3 Å². The number of aryl methyl sites for hydroxylation is 1. The second-order valence-corrected chi connectivity index (χ2v) is 10.5. The zero-order valence-electron chi connectivity index (χ0n) is 16.5. The predicted octanol–water partition coefficient (Wildman–Crippen LogP) is 3.30. The van der Waals surface area contributed by atoms with Crippen molar-refractivity contribution in [3.05, 3.63) is 65.7 Å². The van der Waals surface area contributed by atoms with E-state index in [1.54, 1.807) is 29.2 Å². The fourth-order valence-electron chi connectivity index (χ4n) is 3.73. The highest BCUT2D eigenvalue weighted by Gasteiger charge is 2.44. The number of carbonyl (C=O) groups is 1. The summed E-state index contributed by atoms with van der Waals surface area (Å²) in [6, 6.07) is 16.1. The quantitative estimate of drug-likeness (QED) is 0.609. The minimum Gasteiger partial charge on any atom is -0.447 e. The molecule has 4 rings (SSSR count). The van der Waals surface area contributed by atoms with Gasteiger partial charge in [-0.05, 0) is 24.6 Å². The van der Waals surface area contributed by atoms with Gasteiger partial charge in [0.2, 0.25) is 10.0 Å². The summed E-state index contributed by atoms with van der Waals surface area (Å²) < 4.78 is 38.9. The first-order valence-electron chi connectivity index (χ1n) is 9.70. The lowest BCUT2D eigenvalue weighted by atomic mass is 10.1. The van der Waals surface area contributed by atoms with Gasteiger partial charge in [-0.2, -0.15) is 4.31 Å². The Labute approximate surface area is 184 Å². The third-order valence-electron chi connectivity index (χ3n) is 5.35. The molecule has 9 heteroatoms. The molecule has 0 bridgehead atoms. The minimum atomic E-state index is -3.67. The van der Waals surface area contributed by atoms with Gasteiger partial charge in [0.1, 0.15) is 12.8 Å². The maximum Gasteiger partial charge on any atom is 0.412 e. The standard InChI is InChI=1S/C21H23BrN2O5S/c1-15-7-9-17(10-8-15)30(26,27)23-11-12-28-20(18(22)13-23)24-19(14-29-21(24)25)16-5-3-2-4-6-16/h2-10,18-20H,11-14H2,1H3/t18-,19+,20-/m1/s1. The number of hydrogen-bond acceptors (Lipinski definition) is 5. The molecule has 0 radical (unpaired) electrons. The summed E-state index contributed by atoms with van der Waals surface area (Å²) in [6.07, 6.45) is -1.11. The number of benzene rings is 2. The van der Waals surface area contributed by atoms with E-state index < -0.39 is 27.2 Å². The molecule has 0 aliphatic carbocycles. The average molecular weight is 495 g/mol. The Morgan fingerprint density at radius 1 is 1.07 bits per heavy atom. The number of alkyl halides is 1. The van der Waals surface area contributed by atoms with Gasteiger partial charge in [-0.1, -0.05) is 64.0 Å². The Balaban J connectivity index is 1.56. The lowest BCUT2D eigenvalue weighted by Gasteiger charge is -2.32. The van der Waals surface area contributed by atoms with Crippen LogP contribution in [0.25, 0.3) is 0 Å². The first-order chi connectivity index (χ1) is 14.4. The van der Waals surface area contributed by atoms with Crippen molar-refractivity contribution >= 4 is 32.0 Å². The second-order valence-electron chi connectivity index (χ2n) is 7.36. The molecular weight excluding hydrogens is 472 g/mol. The normalized spacial score (nSPS) is 25.7. The van der Waals surface area contributed by atoms with Crippen LogP contribution in [0.5, 0.6) is 0 Å². The number of rotatable bonds is 4. The molecule has 2 saturated heterocycles. The maximum atomic E-state index is 13.1. The van der Waals surface area contributed by atoms with Crippen LogP contribution in [0.4, 0.5) is 4.79 Å². The van der Waals surface area contributed by atoms with E-state index in [1.165, 1.54) is 4.31 Å². The molecule has 0 aromatic heterocycles. The molecular formula is C21H23BrN2O5S. The van der Waals surface area contributed by atoms with Gasteiger partial charge in [0.25, 0.3) is 0 Å². The van der Waals surface area contributed by atoms with Crippen LogP contribution in [0.15, 0.2) is 59.5 Å². The molecule has 160 valence electrons. The van der Waals surface area contributed by atoms with E-state index in [0.29, 0.717) is 0 Å². The van der Waals surface area contributed by atoms with Crippen LogP contribution in [-0.4, -0.2) is 61.1 Å². The second kappa shape index (κ2) is 8.66. The molecule has 1 amide bonds. The van der Waals surface area contributed by atoms with Crippen molar-refractivity contribution in [3.63, 3.8) is 0 Å². The van der Waals surface area contributed by atoms with E-state index in [4.69, 9.17) is 9.47 Å². The maximum absolute atomic E-state index is 13.1. The SMILES string of the molecule is Cc1ccc(S(=O)(=O)N2CCO[C@@H](N3C(=O)OC[C@H]3c3ccccc3)[C@H](Br)C2)cc1. The Bertz CT molecular complexity index is 1000. The van der Waals surface area contributed by atoms with Crippen molar-refractivity contribution in [2.75, 3.05) is 26.3 Å². The minimum absolute atomic E-state index is 0.170. The van der Waals surface area contributed by atoms with E-state index in [9.17, 15) is 13.2 Å². The summed E-state index contributed by atoms with van der Waals surface area (Å²) in [5, 5.41) is 0. The number of ether oxygens (including phenoxy) is 2. The molecule has 2 fully saturated rings. The zero-order chi connectivity index (χ0) is 21.3. The molecule has 0 unspecified atom stereocenters. The molecule has 0 N–H and O–H groups in total. The van der Waals surface area contributed by atoms with Crippen LogP contribution < -0.4 is 0 Å². The van der Waals surface area contributed by atoms with Crippen LogP contribution in [0.1, 0.15) is 17.2 Å². The molecule has 2 aliphatic heterocycles. The van der Waals surface area contributed by atoms with Crippen LogP contribution in [0.3, 0.4) is 0 Å². The highest BCUT2D eigenvalue weighted by molar-refractivity contribution is 9.09. The van der Waals surface area contributed by atoms with Gasteiger partial charge in [-0.25, -0.2) is 13.2 Å². The topological polar surface area (TPSA) is 76.2 Å². The molecule has 2 aliphatic rings. The van der Waals surface area contributed by atoms with E-state index in [-0.39, 0.29) is 37.2 Å². The van der Waals surface area contributed by atoms with Crippen LogP contribution >= 0.6 is 15.9 Å². The van der Waals surface area contributed by atoms with Gasteiger partial charge in [0.15, 0.2) is 0 Å². The molecule has 7 nitrogen and oxygen atoms in total. The molecule has 2 heterocycles. The first-order valence-corrected chi connectivity index (χ1v) is 12.1. The zero-order valence-corrected chi connectivity index (χ0v) is 18.9. The Morgan fingerprint density at radius 2 is 1.77 bits per heavy atom. The summed E-state index contributed by atoms with van der Waals surface area (Å²) in [4.78, 5) is 13.9. The monoisotopic (exact) mass is 494 g/mol. The Kier molecular flexibility index (Phi) is 6.15. The van der Waals surface area contributed by atoms with Crippen molar-refractivity contribution in [1.82, 2.24) is 9.21 Å². The third kappa shape index (κ3) is 4.12. The number of amides is 1. The Morgan fingerprint density at radius 3 is 2.47 bits per heavy atom. The van der Waals surface area contributed by atoms with Gasteiger partial charge in [-0.3, -0.25) is 4.90 Å². The summed E-state index contributed by atoms with van der Waals surface area (Å²) in [6.45, 7) is 2.68. The third-order valence-corrected chi connectivity index (χ3v) is 7.97. The highest BCUT2D eigenvalue weighted by atomic mass is 79.9. The smallest absolute Gasteiger partial charge is 0.412 e. The number of halogens is 1. The van der Waals surface area contributed by atoms with Crippen molar-refractivity contribution in [3.8, 4) is 0 Å². The molecule has 0 spiro atoms. The summed E-state index contributed by atoms with van der Waals surface area (Å²) in [5.41, 5.74) is 1.94. The van der Waals surface area contributed by atoms with Crippen molar-refractivity contribution in [2.24, 2.45) is 0 Å². The fourth-order valence-corrected chi connectivity index (χ4v) is 6.13. The average Bonchev–Trinajstić information content (AvgIpc) is 3.00.